The highest BCUT2D eigenvalue weighted by Crippen LogP contribution is 2.13. The second-order valence-electron chi connectivity index (χ2n) is 4.99. The molecule has 0 bridgehead atoms. The van der Waals surface area contributed by atoms with E-state index in [4.69, 9.17) is 5.73 Å². The third kappa shape index (κ3) is 4.33. The van der Waals surface area contributed by atoms with Crippen LogP contribution in [-0.4, -0.2) is 31.6 Å². The summed E-state index contributed by atoms with van der Waals surface area (Å²) >= 11 is 0. The lowest BCUT2D eigenvalue weighted by Gasteiger charge is -2.16. The van der Waals surface area contributed by atoms with Gasteiger partial charge in [-0.3, -0.25) is 0 Å². The fourth-order valence-electron chi connectivity index (χ4n) is 1.83. The number of aryl methyl sites for hydroxylation is 2. The largest absolute Gasteiger partial charge is 0.327 e. The van der Waals surface area contributed by atoms with E-state index in [1.807, 2.05) is 0 Å². The molecule has 0 fully saturated rings. The summed E-state index contributed by atoms with van der Waals surface area (Å²) in [6.07, 6.45) is 2.04. The van der Waals surface area contributed by atoms with Crippen LogP contribution < -0.4 is 5.73 Å². The normalized spacial score (nSPS) is 13.1. The molecule has 0 spiro atoms. The molecule has 2 heteroatoms. The maximum Gasteiger partial charge on any atom is 0.00915 e. The first-order valence-electron chi connectivity index (χ1n) is 5.95. The Labute approximate surface area is 99.5 Å². The molecule has 2 nitrogen and oxygen atoms in total. The second kappa shape index (κ2) is 6.02. The van der Waals surface area contributed by atoms with Gasteiger partial charge in [0.1, 0.15) is 0 Å². The molecule has 16 heavy (non-hydrogen) atoms. The quantitative estimate of drug-likeness (QED) is 0.823. The Bertz CT molecular complexity index is 332. The van der Waals surface area contributed by atoms with Crippen molar-refractivity contribution in [3.8, 4) is 0 Å². The molecule has 2 N–H and O–H groups in total. The van der Waals surface area contributed by atoms with Crippen molar-refractivity contribution in [3.05, 3.63) is 34.9 Å². The van der Waals surface area contributed by atoms with Gasteiger partial charge in [0.25, 0.3) is 0 Å². The summed E-state index contributed by atoms with van der Waals surface area (Å²) in [5.41, 5.74) is 10.2. The van der Waals surface area contributed by atoms with Crippen molar-refractivity contribution in [2.75, 3.05) is 20.6 Å². The Kier molecular flexibility index (Phi) is 4.97. The van der Waals surface area contributed by atoms with Crippen LogP contribution in [0, 0.1) is 13.8 Å². The van der Waals surface area contributed by atoms with Crippen LogP contribution in [0.4, 0.5) is 0 Å². The first kappa shape index (κ1) is 13.2. The van der Waals surface area contributed by atoms with Gasteiger partial charge < -0.3 is 10.6 Å². The summed E-state index contributed by atoms with van der Waals surface area (Å²) in [4.78, 5) is 2.18. The molecule has 1 aromatic carbocycles. The van der Waals surface area contributed by atoms with Gasteiger partial charge >= 0.3 is 0 Å². The van der Waals surface area contributed by atoms with Crippen molar-refractivity contribution in [2.45, 2.75) is 32.7 Å². The lowest BCUT2D eigenvalue weighted by molar-refractivity contribution is 0.379. The summed E-state index contributed by atoms with van der Waals surface area (Å²) in [6.45, 7) is 5.35. The minimum absolute atomic E-state index is 0.267. The van der Waals surface area contributed by atoms with E-state index in [0.717, 1.165) is 19.4 Å². The van der Waals surface area contributed by atoms with Gasteiger partial charge in [-0.15, -0.1) is 0 Å². The zero-order valence-electron chi connectivity index (χ0n) is 11.0. The summed E-state index contributed by atoms with van der Waals surface area (Å²) < 4.78 is 0. The number of nitrogens with two attached hydrogens (primary N) is 1. The van der Waals surface area contributed by atoms with Crippen molar-refractivity contribution in [3.63, 3.8) is 0 Å². The smallest absolute Gasteiger partial charge is 0.00915 e. The first-order chi connectivity index (χ1) is 7.49. The van der Waals surface area contributed by atoms with Crippen molar-refractivity contribution in [1.29, 1.82) is 0 Å². The number of rotatable bonds is 5. The summed E-state index contributed by atoms with van der Waals surface area (Å²) in [6, 6.07) is 6.86. The van der Waals surface area contributed by atoms with Crippen molar-refractivity contribution in [2.24, 2.45) is 5.73 Å². The van der Waals surface area contributed by atoms with Crippen molar-refractivity contribution >= 4 is 0 Å². The molecule has 1 atom stereocenters. The fourth-order valence-corrected chi connectivity index (χ4v) is 1.83. The Morgan fingerprint density at radius 1 is 1.25 bits per heavy atom. The van der Waals surface area contributed by atoms with Crippen molar-refractivity contribution < 1.29 is 0 Å². The number of nitrogens with zero attached hydrogens (tertiary/aromatic N) is 1. The van der Waals surface area contributed by atoms with Gasteiger partial charge in [0, 0.05) is 6.04 Å². The summed E-state index contributed by atoms with van der Waals surface area (Å²) in [5, 5.41) is 0. The fraction of sp³-hybridized carbons (Fsp3) is 0.571. The van der Waals surface area contributed by atoms with E-state index in [-0.39, 0.29) is 6.04 Å². The molecule has 0 aliphatic carbocycles. The van der Waals surface area contributed by atoms with Crippen LogP contribution in [0.3, 0.4) is 0 Å². The molecule has 0 radical (unpaired) electrons. The van der Waals surface area contributed by atoms with E-state index in [0.29, 0.717) is 0 Å². The highest BCUT2D eigenvalue weighted by molar-refractivity contribution is 5.31. The lowest BCUT2D eigenvalue weighted by Crippen LogP contribution is -2.28. The lowest BCUT2D eigenvalue weighted by atomic mass is 9.98. The number of hydrogen-bond acceptors (Lipinski definition) is 2. The Balaban J connectivity index is 2.55. The average Bonchev–Trinajstić information content (AvgIpc) is 2.20. The van der Waals surface area contributed by atoms with E-state index >= 15 is 0 Å². The molecule has 0 aliphatic rings. The zero-order chi connectivity index (χ0) is 12.1. The maximum atomic E-state index is 6.15. The van der Waals surface area contributed by atoms with Crippen LogP contribution in [0.25, 0.3) is 0 Å². The molecule has 1 rings (SSSR count). The molecule has 0 aliphatic heterocycles. The van der Waals surface area contributed by atoms with Gasteiger partial charge in [-0.25, -0.2) is 0 Å². The van der Waals surface area contributed by atoms with Crippen LogP contribution in [0.5, 0.6) is 0 Å². The standard InChI is InChI=1S/C14H24N2/c1-11-5-6-12(2)13(9-11)10-14(15)7-8-16(3)4/h5-6,9,14H,7-8,10,15H2,1-4H3. The molecule has 90 valence electrons. The van der Waals surface area contributed by atoms with E-state index < -0.39 is 0 Å². The second-order valence-corrected chi connectivity index (χ2v) is 4.99. The third-order valence-corrected chi connectivity index (χ3v) is 2.93. The van der Waals surface area contributed by atoms with Crippen LogP contribution in [-0.2, 0) is 6.42 Å². The molecular weight excluding hydrogens is 196 g/mol. The van der Waals surface area contributed by atoms with E-state index in [1.165, 1.54) is 16.7 Å². The molecule has 0 saturated carbocycles. The van der Waals surface area contributed by atoms with Crippen LogP contribution >= 0.6 is 0 Å². The third-order valence-electron chi connectivity index (χ3n) is 2.93. The minimum atomic E-state index is 0.267. The first-order valence-corrected chi connectivity index (χ1v) is 5.95. The molecule has 0 saturated heterocycles. The van der Waals surface area contributed by atoms with Crippen LogP contribution in [0.1, 0.15) is 23.1 Å². The van der Waals surface area contributed by atoms with E-state index in [9.17, 15) is 0 Å². The number of hydrogen-bond donors (Lipinski definition) is 1. The van der Waals surface area contributed by atoms with Gasteiger partial charge in [0.05, 0.1) is 0 Å². The van der Waals surface area contributed by atoms with Crippen LogP contribution in [0.2, 0.25) is 0 Å². The Morgan fingerprint density at radius 3 is 2.56 bits per heavy atom. The Hall–Kier alpha value is -0.860. The molecule has 1 aromatic rings. The minimum Gasteiger partial charge on any atom is -0.327 e. The van der Waals surface area contributed by atoms with Crippen LogP contribution in [0.15, 0.2) is 18.2 Å². The Morgan fingerprint density at radius 2 is 1.94 bits per heavy atom. The van der Waals surface area contributed by atoms with Gasteiger partial charge in [-0.2, -0.15) is 0 Å². The zero-order valence-corrected chi connectivity index (χ0v) is 11.0. The van der Waals surface area contributed by atoms with E-state index in [1.54, 1.807) is 0 Å². The topological polar surface area (TPSA) is 29.3 Å². The summed E-state index contributed by atoms with van der Waals surface area (Å²) in [7, 11) is 4.18. The predicted octanol–water partition coefficient (Wildman–Crippen LogP) is 2.12. The summed E-state index contributed by atoms with van der Waals surface area (Å²) in [5.74, 6) is 0. The van der Waals surface area contributed by atoms with Gasteiger partial charge in [-0.05, 0) is 58.5 Å². The maximum absolute atomic E-state index is 6.15. The SMILES string of the molecule is Cc1ccc(C)c(CC(N)CCN(C)C)c1. The van der Waals surface area contributed by atoms with Gasteiger partial charge in [0.2, 0.25) is 0 Å². The molecular formula is C14H24N2. The molecule has 0 heterocycles. The monoisotopic (exact) mass is 220 g/mol. The van der Waals surface area contributed by atoms with Gasteiger partial charge in [0.15, 0.2) is 0 Å². The molecule has 0 amide bonds. The average molecular weight is 220 g/mol. The number of benzene rings is 1. The predicted molar refractivity (Wildman–Crippen MR) is 70.8 cm³/mol. The highest BCUT2D eigenvalue weighted by Gasteiger charge is 2.07. The van der Waals surface area contributed by atoms with E-state index in [2.05, 4.69) is 51.0 Å². The molecule has 1 unspecified atom stereocenters. The van der Waals surface area contributed by atoms with Gasteiger partial charge in [-0.1, -0.05) is 23.8 Å². The van der Waals surface area contributed by atoms with Crippen molar-refractivity contribution in [1.82, 2.24) is 4.90 Å². The molecule has 0 aromatic heterocycles. The highest BCUT2D eigenvalue weighted by atomic mass is 15.0.